The van der Waals surface area contributed by atoms with Crippen LogP contribution in [0.2, 0.25) is 5.02 Å². The second-order valence-corrected chi connectivity index (χ2v) is 7.17. The molecule has 1 atom stereocenters. The van der Waals surface area contributed by atoms with E-state index in [9.17, 15) is 4.79 Å². The fourth-order valence-electron chi connectivity index (χ4n) is 2.40. The maximum absolute atomic E-state index is 13.0. The molecule has 0 spiro atoms. The van der Waals surface area contributed by atoms with Gasteiger partial charge in [-0.3, -0.25) is 9.36 Å². The van der Waals surface area contributed by atoms with E-state index in [-0.39, 0.29) is 10.8 Å². The average Bonchev–Trinajstić information content (AvgIpc) is 2.54. The summed E-state index contributed by atoms with van der Waals surface area (Å²) in [5.74, 6) is 0. The number of aryl methyl sites for hydroxylation is 1. The molecule has 0 amide bonds. The summed E-state index contributed by atoms with van der Waals surface area (Å²) >= 11 is 7.28. The van der Waals surface area contributed by atoms with Gasteiger partial charge in [0.05, 0.1) is 27.9 Å². The van der Waals surface area contributed by atoms with E-state index < -0.39 is 0 Å². The van der Waals surface area contributed by atoms with Crippen LogP contribution in [0, 0.1) is 18.3 Å². The maximum Gasteiger partial charge on any atom is 0.266 e. The van der Waals surface area contributed by atoms with Crippen molar-refractivity contribution in [1.82, 2.24) is 9.55 Å². The normalized spacial score (nSPS) is 12.1. The van der Waals surface area contributed by atoms with Gasteiger partial charge in [-0.15, -0.1) is 0 Å². The Kier molecular flexibility index (Phi) is 4.61. The molecule has 0 radical (unpaired) electrons. The van der Waals surface area contributed by atoms with Crippen LogP contribution in [0.4, 0.5) is 0 Å². The third-order valence-corrected chi connectivity index (χ3v) is 4.70. The van der Waals surface area contributed by atoms with E-state index in [0.717, 1.165) is 11.3 Å². The summed E-state index contributed by atoms with van der Waals surface area (Å²) in [6.45, 7) is 3.74. The Hall–Kier alpha value is -2.29. The molecule has 120 valence electrons. The summed E-state index contributed by atoms with van der Waals surface area (Å²) in [6, 6.07) is 14.8. The Morgan fingerprint density at radius 1 is 1.29 bits per heavy atom. The van der Waals surface area contributed by atoms with Gasteiger partial charge in [0.2, 0.25) is 0 Å². The zero-order valence-corrected chi connectivity index (χ0v) is 14.7. The lowest BCUT2D eigenvalue weighted by molar-refractivity contribution is 0.817. The standard InChI is InChI=1S/C18H14ClN3OS/c1-11-4-3-5-14(8-11)22-17(23)15-7-6-13(19)9-16(15)21-18(22)24-12(2)10-20/h3-9,12H,1-2H3. The quantitative estimate of drug-likeness (QED) is 0.517. The summed E-state index contributed by atoms with van der Waals surface area (Å²) in [7, 11) is 0. The first kappa shape index (κ1) is 16.6. The molecule has 0 fully saturated rings. The zero-order chi connectivity index (χ0) is 17.3. The van der Waals surface area contributed by atoms with E-state index >= 15 is 0 Å². The van der Waals surface area contributed by atoms with Crippen molar-refractivity contribution in [3.63, 3.8) is 0 Å². The molecule has 1 heterocycles. The van der Waals surface area contributed by atoms with Gasteiger partial charge in [0.25, 0.3) is 5.56 Å². The van der Waals surface area contributed by atoms with Crippen LogP contribution in [-0.2, 0) is 0 Å². The molecular formula is C18H14ClN3OS. The SMILES string of the molecule is Cc1cccc(-n2c(SC(C)C#N)nc3cc(Cl)ccc3c2=O)c1. The predicted octanol–water partition coefficient (Wildman–Crippen LogP) is 4.35. The number of hydrogen-bond acceptors (Lipinski definition) is 4. The van der Waals surface area contributed by atoms with E-state index in [1.807, 2.05) is 31.2 Å². The summed E-state index contributed by atoms with van der Waals surface area (Å²) in [5, 5.41) is 10.3. The zero-order valence-electron chi connectivity index (χ0n) is 13.2. The number of benzene rings is 2. The molecule has 2 aromatic carbocycles. The van der Waals surface area contributed by atoms with E-state index in [2.05, 4.69) is 11.1 Å². The number of fused-ring (bicyclic) bond motifs is 1. The molecule has 0 N–H and O–H groups in total. The average molecular weight is 356 g/mol. The minimum atomic E-state index is -0.329. The van der Waals surface area contributed by atoms with Gasteiger partial charge in [-0.05, 0) is 49.7 Å². The van der Waals surface area contributed by atoms with Gasteiger partial charge in [0.1, 0.15) is 0 Å². The molecule has 1 unspecified atom stereocenters. The van der Waals surface area contributed by atoms with Crippen LogP contribution in [-0.4, -0.2) is 14.8 Å². The highest BCUT2D eigenvalue weighted by atomic mass is 35.5. The van der Waals surface area contributed by atoms with Gasteiger partial charge >= 0.3 is 0 Å². The lowest BCUT2D eigenvalue weighted by Crippen LogP contribution is -2.22. The first-order valence-corrected chi connectivity index (χ1v) is 8.61. The Morgan fingerprint density at radius 3 is 2.79 bits per heavy atom. The van der Waals surface area contributed by atoms with Crippen LogP contribution >= 0.6 is 23.4 Å². The monoisotopic (exact) mass is 355 g/mol. The van der Waals surface area contributed by atoms with E-state index in [1.165, 1.54) is 11.8 Å². The Labute approximate surface area is 148 Å². The van der Waals surface area contributed by atoms with Crippen molar-refractivity contribution < 1.29 is 0 Å². The lowest BCUT2D eigenvalue weighted by Gasteiger charge is -2.14. The molecule has 0 aliphatic rings. The van der Waals surface area contributed by atoms with Gasteiger partial charge in [0, 0.05) is 5.02 Å². The van der Waals surface area contributed by atoms with Crippen molar-refractivity contribution in [1.29, 1.82) is 5.26 Å². The third-order valence-electron chi connectivity index (χ3n) is 3.52. The van der Waals surface area contributed by atoms with Crippen molar-refractivity contribution in [2.45, 2.75) is 24.3 Å². The smallest absolute Gasteiger partial charge is 0.266 e. The Balaban J connectivity index is 2.34. The second kappa shape index (κ2) is 6.68. The van der Waals surface area contributed by atoms with E-state index in [1.54, 1.807) is 29.7 Å². The summed E-state index contributed by atoms with van der Waals surface area (Å²) < 4.78 is 1.56. The minimum Gasteiger partial charge on any atom is -0.268 e. The topological polar surface area (TPSA) is 58.7 Å². The summed E-state index contributed by atoms with van der Waals surface area (Å²) in [5.41, 5.74) is 2.14. The molecule has 0 aliphatic heterocycles. The Morgan fingerprint density at radius 2 is 2.08 bits per heavy atom. The highest BCUT2D eigenvalue weighted by Gasteiger charge is 2.16. The second-order valence-electron chi connectivity index (χ2n) is 5.42. The summed E-state index contributed by atoms with van der Waals surface area (Å²) in [6.07, 6.45) is 0. The van der Waals surface area contributed by atoms with Crippen LogP contribution < -0.4 is 5.56 Å². The predicted molar refractivity (Wildman–Crippen MR) is 98.0 cm³/mol. The first-order chi connectivity index (χ1) is 11.5. The Bertz CT molecular complexity index is 1020. The number of nitrogens with zero attached hydrogens (tertiary/aromatic N) is 3. The van der Waals surface area contributed by atoms with Gasteiger partial charge < -0.3 is 0 Å². The van der Waals surface area contributed by atoms with Gasteiger partial charge in [-0.2, -0.15) is 5.26 Å². The minimum absolute atomic E-state index is 0.171. The van der Waals surface area contributed by atoms with Crippen molar-refractivity contribution in [3.8, 4) is 11.8 Å². The highest BCUT2D eigenvalue weighted by Crippen LogP contribution is 2.26. The van der Waals surface area contributed by atoms with Crippen molar-refractivity contribution >= 4 is 34.3 Å². The molecule has 3 aromatic rings. The van der Waals surface area contributed by atoms with Crippen molar-refractivity contribution in [2.24, 2.45) is 0 Å². The van der Waals surface area contributed by atoms with E-state index in [4.69, 9.17) is 16.9 Å². The van der Waals surface area contributed by atoms with Gasteiger partial charge in [-0.1, -0.05) is 35.5 Å². The summed E-state index contributed by atoms with van der Waals surface area (Å²) in [4.78, 5) is 17.6. The molecule has 0 aliphatic carbocycles. The fraction of sp³-hybridized carbons (Fsp3) is 0.167. The fourth-order valence-corrected chi connectivity index (χ4v) is 3.38. The molecule has 24 heavy (non-hydrogen) atoms. The number of nitriles is 1. The number of rotatable bonds is 3. The van der Waals surface area contributed by atoms with Gasteiger partial charge in [-0.25, -0.2) is 4.98 Å². The first-order valence-electron chi connectivity index (χ1n) is 7.35. The van der Waals surface area contributed by atoms with Gasteiger partial charge in [0.15, 0.2) is 5.16 Å². The highest BCUT2D eigenvalue weighted by molar-refractivity contribution is 8.00. The molecule has 0 saturated carbocycles. The molecule has 4 nitrogen and oxygen atoms in total. The third kappa shape index (κ3) is 3.16. The van der Waals surface area contributed by atoms with Crippen LogP contribution in [0.5, 0.6) is 0 Å². The van der Waals surface area contributed by atoms with Crippen LogP contribution in [0.15, 0.2) is 52.4 Å². The van der Waals surface area contributed by atoms with Crippen molar-refractivity contribution in [3.05, 3.63) is 63.4 Å². The largest absolute Gasteiger partial charge is 0.268 e. The number of halogens is 1. The number of thioether (sulfide) groups is 1. The molecule has 0 saturated heterocycles. The van der Waals surface area contributed by atoms with Crippen LogP contribution in [0.1, 0.15) is 12.5 Å². The van der Waals surface area contributed by atoms with Crippen LogP contribution in [0.3, 0.4) is 0 Å². The lowest BCUT2D eigenvalue weighted by atomic mass is 10.2. The van der Waals surface area contributed by atoms with Crippen LogP contribution in [0.25, 0.3) is 16.6 Å². The molecule has 1 aromatic heterocycles. The number of aromatic nitrogens is 2. The molecule has 6 heteroatoms. The van der Waals surface area contributed by atoms with E-state index in [0.29, 0.717) is 21.1 Å². The number of hydrogen-bond donors (Lipinski definition) is 0. The molecular weight excluding hydrogens is 342 g/mol. The maximum atomic E-state index is 13.0. The van der Waals surface area contributed by atoms with Crippen molar-refractivity contribution in [2.75, 3.05) is 0 Å². The molecule has 0 bridgehead atoms. The molecule has 3 rings (SSSR count).